The van der Waals surface area contributed by atoms with Gasteiger partial charge in [-0.2, -0.15) is 0 Å². The summed E-state index contributed by atoms with van der Waals surface area (Å²) < 4.78 is 1.08. The fraction of sp³-hybridized carbons (Fsp3) is 0.625. The minimum absolute atomic E-state index is 0.376. The molecule has 1 heterocycles. The Labute approximate surface area is 124 Å². The first-order valence-corrected chi connectivity index (χ1v) is 7.81. The standard InChI is InChI=1S/C16H24BrNO/c1-11(19)12-5-6-15(14(17)9-12)18-8-7-13(10-18)16(2,3)4/h5-6,9,11,13,19H,7-8,10H2,1-4H3/t11-,13?/m1/s1. The SMILES string of the molecule is C[C@@H](O)c1ccc(N2CCC(C(C)(C)C)C2)c(Br)c1. The lowest BCUT2D eigenvalue weighted by atomic mass is 9.80. The predicted molar refractivity (Wildman–Crippen MR) is 84.6 cm³/mol. The van der Waals surface area contributed by atoms with Gasteiger partial charge in [0, 0.05) is 17.6 Å². The summed E-state index contributed by atoms with van der Waals surface area (Å²) in [5.74, 6) is 0.746. The van der Waals surface area contributed by atoms with Crippen molar-refractivity contribution >= 4 is 21.6 Å². The molecule has 1 fully saturated rings. The molecule has 0 aromatic heterocycles. The van der Waals surface area contributed by atoms with Gasteiger partial charge in [-0.15, -0.1) is 0 Å². The fourth-order valence-corrected chi connectivity index (χ4v) is 3.37. The average molecular weight is 326 g/mol. The van der Waals surface area contributed by atoms with E-state index in [0.29, 0.717) is 5.41 Å². The number of anilines is 1. The van der Waals surface area contributed by atoms with Gasteiger partial charge in [0.2, 0.25) is 0 Å². The van der Waals surface area contributed by atoms with E-state index in [0.717, 1.165) is 29.0 Å². The highest BCUT2D eigenvalue weighted by Crippen LogP contribution is 2.38. The smallest absolute Gasteiger partial charge is 0.0762 e. The molecule has 1 aliphatic rings. The molecule has 1 aliphatic heterocycles. The number of rotatable bonds is 2. The summed E-state index contributed by atoms with van der Waals surface area (Å²) in [5, 5.41) is 9.62. The maximum atomic E-state index is 9.62. The van der Waals surface area contributed by atoms with Gasteiger partial charge in [0.1, 0.15) is 0 Å². The molecule has 0 aliphatic carbocycles. The molecule has 2 rings (SSSR count). The van der Waals surface area contributed by atoms with Crippen LogP contribution in [0.5, 0.6) is 0 Å². The van der Waals surface area contributed by atoms with E-state index in [4.69, 9.17) is 0 Å². The molecule has 1 N–H and O–H groups in total. The van der Waals surface area contributed by atoms with Gasteiger partial charge in [-0.05, 0) is 58.3 Å². The number of aliphatic hydroxyl groups excluding tert-OH is 1. The van der Waals surface area contributed by atoms with E-state index in [1.807, 2.05) is 12.1 Å². The van der Waals surface area contributed by atoms with Crippen molar-refractivity contribution in [3.05, 3.63) is 28.2 Å². The van der Waals surface area contributed by atoms with Crippen LogP contribution in [0.3, 0.4) is 0 Å². The zero-order valence-corrected chi connectivity index (χ0v) is 13.9. The predicted octanol–water partition coefficient (Wildman–Crippen LogP) is 4.37. The Morgan fingerprint density at radius 2 is 2.05 bits per heavy atom. The van der Waals surface area contributed by atoms with Crippen LogP contribution in [0.1, 0.15) is 45.8 Å². The van der Waals surface area contributed by atoms with Gasteiger partial charge in [0.15, 0.2) is 0 Å². The van der Waals surface area contributed by atoms with E-state index < -0.39 is 6.10 Å². The maximum Gasteiger partial charge on any atom is 0.0762 e. The van der Waals surface area contributed by atoms with Crippen molar-refractivity contribution in [2.24, 2.45) is 11.3 Å². The fourth-order valence-electron chi connectivity index (χ4n) is 2.73. The number of aliphatic hydroxyl groups is 1. The normalized spacial score (nSPS) is 21.8. The van der Waals surface area contributed by atoms with Crippen LogP contribution >= 0.6 is 15.9 Å². The molecular weight excluding hydrogens is 302 g/mol. The summed E-state index contributed by atoms with van der Waals surface area (Å²) in [5.41, 5.74) is 2.58. The second kappa shape index (κ2) is 5.45. The lowest BCUT2D eigenvalue weighted by molar-refractivity contribution is 0.199. The van der Waals surface area contributed by atoms with Crippen molar-refractivity contribution in [2.45, 2.75) is 40.2 Å². The number of halogens is 1. The molecule has 1 aromatic rings. The molecule has 19 heavy (non-hydrogen) atoms. The molecule has 0 amide bonds. The molecule has 1 aromatic carbocycles. The second-order valence-electron chi connectivity index (χ2n) is 6.68. The van der Waals surface area contributed by atoms with Crippen LogP contribution in [0.2, 0.25) is 0 Å². The summed E-state index contributed by atoms with van der Waals surface area (Å²) >= 11 is 3.64. The van der Waals surface area contributed by atoms with Gasteiger partial charge in [0.05, 0.1) is 11.8 Å². The minimum Gasteiger partial charge on any atom is -0.389 e. The molecular formula is C16H24BrNO. The number of hydrogen-bond donors (Lipinski definition) is 1. The van der Waals surface area contributed by atoms with Crippen molar-refractivity contribution in [1.29, 1.82) is 0 Å². The maximum absolute atomic E-state index is 9.62. The van der Waals surface area contributed by atoms with Gasteiger partial charge in [-0.3, -0.25) is 0 Å². The van der Waals surface area contributed by atoms with Crippen LogP contribution in [0.15, 0.2) is 22.7 Å². The third kappa shape index (κ3) is 3.32. The molecule has 1 unspecified atom stereocenters. The van der Waals surface area contributed by atoms with Gasteiger partial charge in [-0.25, -0.2) is 0 Å². The highest BCUT2D eigenvalue weighted by atomic mass is 79.9. The van der Waals surface area contributed by atoms with Crippen LogP contribution in [0, 0.1) is 11.3 Å². The molecule has 1 saturated heterocycles. The van der Waals surface area contributed by atoms with E-state index in [-0.39, 0.29) is 0 Å². The Kier molecular flexibility index (Phi) is 4.26. The Balaban J connectivity index is 2.16. The van der Waals surface area contributed by atoms with E-state index in [9.17, 15) is 5.11 Å². The largest absolute Gasteiger partial charge is 0.389 e. The van der Waals surface area contributed by atoms with Crippen molar-refractivity contribution in [3.8, 4) is 0 Å². The van der Waals surface area contributed by atoms with Crippen LogP contribution in [0.25, 0.3) is 0 Å². The van der Waals surface area contributed by atoms with Crippen molar-refractivity contribution < 1.29 is 5.11 Å². The molecule has 3 heteroatoms. The lowest BCUT2D eigenvalue weighted by Gasteiger charge is -2.28. The molecule has 2 nitrogen and oxygen atoms in total. The summed E-state index contributed by atoms with van der Waals surface area (Å²) in [6.07, 6.45) is 0.847. The lowest BCUT2D eigenvalue weighted by Crippen LogP contribution is -2.26. The van der Waals surface area contributed by atoms with E-state index >= 15 is 0 Å². The third-order valence-electron chi connectivity index (χ3n) is 4.21. The molecule has 0 spiro atoms. The van der Waals surface area contributed by atoms with E-state index in [1.54, 1.807) is 6.92 Å². The van der Waals surface area contributed by atoms with Gasteiger partial charge < -0.3 is 10.0 Å². The summed E-state index contributed by atoms with van der Waals surface area (Å²) in [7, 11) is 0. The second-order valence-corrected chi connectivity index (χ2v) is 7.54. The monoisotopic (exact) mass is 325 g/mol. The topological polar surface area (TPSA) is 23.5 Å². The first kappa shape index (κ1) is 14.9. The third-order valence-corrected chi connectivity index (χ3v) is 4.84. The number of hydrogen-bond acceptors (Lipinski definition) is 2. The Hall–Kier alpha value is -0.540. The Bertz CT molecular complexity index is 451. The van der Waals surface area contributed by atoms with Gasteiger partial charge in [-0.1, -0.05) is 26.8 Å². The van der Waals surface area contributed by atoms with Gasteiger partial charge in [0.25, 0.3) is 0 Å². The highest BCUT2D eigenvalue weighted by Gasteiger charge is 2.32. The molecule has 2 atom stereocenters. The van der Waals surface area contributed by atoms with E-state index in [2.05, 4.69) is 47.7 Å². The summed E-state index contributed by atoms with van der Waals surface area (Å²) in [4.78, 5) is 2.45. The number of nitrogens with zero attached hydrogens (tertiary/aromatic N) is 1. The van der Waals surface area contributed by atoms with Crippen LogP contribution < -0.4 is 4.90 Å². The highest BCUT2D eigenvalue weighted by molar-refractivity contribution is 9.10. The van der Waals surface area contributed by atoms with Crippen molar-refractivity contribution in [2.75, 3.05) is 18.0 Å². The molecule has 0 radical (unpaired) electrons. The molecule has 0 bridgehead atoms. The quantitative estimate of drug-likeness (QED) is 0.872. The average Bonchev–Trinajstić information content (AvgIpc) is 2.77. The Morgan fingerprint density at radius 1 is 1.37 bits per heavy atom. The zero-order chi connectivity index (χ0) is 14.2. The first-order chi connectivity index (χ1) is 8.79. The molecule has 0 saturated carbocycles. The summed E-state index contributed by atoms with van der Waals surface area (Å²) in [6.45, 7) is 11.0. The Morgan fingerprint density at radius 3 is 2.53 bits per heavy atom. The summed E-state index contributed by atoms with van der Waals surface area (Å²) in [6, 6.07) is 6.18. The first-order valence-electron chi connectivity index (χ1n) is 7.01. The van der Waals surface area contributed by atoms with Crippen LogP contribution in [0.4, 0.5) is 5.69 Å². The van der Waals surface area contributed by atoms with Crippen molar-refractivity contribution in [3.63, 3.8) is 0 Å². The zero-order valence-electron chi connectivity index (χ0n) is 12.3. The molecule has 106 valence electrons. The van der Waals surface area contributed by atoms with Gasteiger partial charge >= 0.3 is 0 Å². The van der Waals surface area contributed by atoms with E-state index in [1.165, 1.54) is 12.1 Å². The van der Waals surface area contributed by atoms with Crippen molar-refractivity contribution in [1.82, 2.24) is 0 Å². The number of benzene rings is 1. The van der Waals surface area contributed by atoms with Crippen LogP contribution in [-0.2, 0) is 0 Å². The minimum atomic E-state index is -0.411. The van der Waals surface area contributed by atoms with Crippen LogP contribution in [-0.4, -0.2) is 18.2 Å².